The molecule has 32 nitrogen and oxygen atoms in total. The zero-order valence-electron chi connectivity index (χ0n) is 35.6. The first kappa shape index (κ1) is 64.2. The largest absolute Gasteiger partial charge is 0.472 e. The number of hydrogen-bond donors (Lipinski definition) is 13. The van der Waals surface area contributed by atoms with Crippen LogP contribution in [0, 0.1) is 0 Å². The van der Waals surface area contributed by atoms with Gasteiger partial charge < -0.3 is 54.8 Å². The van der Waals surface area contributed by atoms with Crippen molar-refractivity contribution in [2.24, 2.45) is 11.7 Å². The number of aliphatic hydroxyl groups is 2. The van der Waals surface area contributed by atoms with E-state index in [2.05, 4.69) is 44.1 Å². The highest BCUT2D eigenvalue weighted by molar-refractivity contribution is 7.48. The molecule has 65 heavy (non-hydrogen) atoms. The Morgan fingerprint density at radius 2 is 0.938 bits per heavy atom. The molecule has 0 fully saturated rings. The molecule has 0 bridgehead atoms. The van der Waals surface area contributed by atoms with E-state index < -0.39 is 115 Å². The van der Waals surface area contributed by atoms with Gasteiger partial charge in [0.25, 0.3) is 0 Å². The van der Waals surface area contributed by atoms with Crippen molar-refractivity contribution < 1.29 is 122 Å². The van der Waals surface area contributed by atoms with E-state index in [4.69, 9.17) is 43.8 Å². The molecular formula is C28H65N6O26P5. The number of phosphoric acid groups is 5. The van der Waals surface area contributed by atoms with Crippen molar-refractivity contribution in [2.75, 3.05) is 99.8 Å². The first-order chi connectivity index (χ1) is 30.5. The number of ether oxygens (including phenoxy) is 2. The average molecular weight is 1060 g/mol. The van der Waals surface area contributed by atoms with Gasteiger partial charge >= 0.3 is 39.1 Å². The number of hydrogen-bond acceptors (Lipinski definition) is 25. The molecule has 15 N–H and O–H groups in total. The zero-order valence-corrected chi connectivity index (χ0v) is 40.0. The molecule has 0 aliphatic carbocycles. The van der Waals surface area contributed by atoms with Crippen molar-refractivity contribution in [2.45, 2.75) is 69.6 Å². The lowest BCUT2D eigenvalue weighted by Crippen LogP contribution is -2.46. The lowest BCUT2D eigenvalue weighted by Gasteiger charge is -2.20. The summed E-state index contributed by atoms with van der Waals surface area (Å²) < 4.78 is 117. The monoisotopic (exact) mass is 1060 g/mol. The fraction of sp³-hybridized carbons (Fsp3) is 0.929. The van der Waals surface area contributed by atoms with Crippen LogP contribution >= 0.6 is 39.1 Å². The minimum Gasteiger partial charge on any atom is -0.394 e. The molecule has 0 aliphatic heterocycles. The second kappa shape index (κ2) is 36.2. The van der Waals surface area contributed by atoms with Crippen molar-refractivity contribution in [3.8, 4) is 0 Å². The van der Waals surface area contributed by atoms with Gasteiger partial charge in [-0.2, -0.15) is 0 Å². The lowest BCUT2D eigenvalue weighted by molar-refractivity contribution is -0.124. The Labute approximate surface area is 374 Å². The molecule has 0 aliphatic rings. The molecule has 37 heteroatoms. The smallest absolute Gasteiger partial charge is 0.394 e. The summed E-state index contributed by atoms with van der Waals surface area (Å²) >= 11 is 0. The molecule has 0 spiro atoms. The van der Waals surface area contributed by atoms with E-state index in [1.165, 1.54) is 0 Å². The molecule has 388 valence electrons. The van der Waals surface area contributed by atoms with Crippen LogP contribution in [-0.4, -0.2) is 165 Å². The highest BCUT2D eigenvalue weighted by Crippen LogP contribution is 2.48. The van der Waals surface area contributed by atoms with Crippen molar-refractivity contribution in [3.63, 3.8) is 0 Å². The fourth-order valence-electron chi connectivity index (χ4n) is 4.32. The summed E-state index contributed by atoms with van der Waals surface area (Å²) in [6, 6.07) is -1.04. The molecule has 0 heterocycles. The number of rotatable bonds is 45. The van der Waals surface area contributed by atoms with E-state index in [1.54, 1.807) is 0 Å². The highest BCUT2D eigenvalue weighted by atomic mass is 31.2. The number of phosphoric ester groups is 5. The van der Waals surface area contributed by atoms with Gasteiger partial charge in [0.15, 0.2) is 0 Å². The number of carbonyl (C=O) groups is 2. The van der Waals surface area contributed by atoms with Crippen molar-refractivity contribution in [3.05, 3.63) is 0 Å². The Morgan fingerprint density at radius 1 is 0.538 bits per heavy atom. The third-order valence-electron chi connectivity index (χ3n) is 7.38. The normalized spacial score (nSPS) is 18.0. The minimum absolute atomic E-state index is 0.00954. The van der Waals surface area contributed by atoms with Crippen LogP contribution in [0.15, 0.2) is 0 Å². The van der Waals surface area contributed by atoms with E-state index in [9.17, 15) is 67.1 Å². The van der Waals surface area contributed by atoms with Gasteiger partial charge in [-0.15, -0.1) is 0 Å². The highest BCUT2D eigenvalue weighted by Gasteiger charge is 2.30. The van der Waals surface area contributed by atoms with Crippen LogP contribution in [0.25, 0.3) is 0 Å². The first-order valence-electron chi connectivity index (χ1n) is 19.4. The van der Waals surface area contributed by atoms with E-state index in [0.29, 0.717) is 0 Å². The Hall–Kier alpha value is -0.830. The van der Waals surface area contributed by atoms with Crippen LogP contribution in [0.5, 0.6) is 0 Å². The molecule has 0 aromatic heterocycles. The third-order valence-corrected chi connectivity index (χ3v) is 12.5. The van der Waals surface area contributed by atoms with Gasteiger partial charge in [-0.05, 0) is 38.5 Å². The number of hydrazine groups is 2. The van der Waals surface area contributed by atoms with Crippen molar-refractivity contribution in [1.29, 1.82) is 0 Å². The van der Waals surface area contributed by atoms with E-state index in [1.807, 2.05) is 0 Å². The minimum atomic E-state index is -4.69. The second-order valence-corrected chi connectivity index (χ2v) is 20.0. The maximum atomic E-state index is 12.6. The molecule has 8 unspecified atom stereocenters. The van der Waals surface area contributed by atoms with Gasteiger partial charge in [-0.1, -0.05) is 0 Å². The Bertz CT molecular complexity index is 1540. The number of unbranched alkanes of at least 4 members (excludes halogenated alkanes) is 2. The summed E-state index contributed by atoms with van der Waals surface area (Å²) in [5, 5.41) is 23.6. The van der Waals surface area contributed by atoms with E-state index in [0.717, 1.165) is 7.11 Å². The van der Waals surface area contributed by atoms with Crippen molar-refractivity contribution in [1.82, 2.24) is 21.5 Å². The average Bonchev–Trinajstić information content (AvgIpc) is 3.24. The van der Waals surface area contributed by atoms with Gasteiger partial charge in [-0.25, -0.2) is 33.7 Å². The molecule has 0 radical (unpaired) electrons. The van der Waals surface area contributed by atoms with Gasteiger partial charge in [-0.3, -0.25) is 66.5 Å². The number of nitrogens with two attached hydrogens (primary N) is 2. The number of carbonyl (C=O) groups excluding carboxylic acids is 2. The number of nitrogens with one attached hydrogen (secondary N) is 4. The lowest BCUT2D eigenvalue weighted by atomic mass is 10.2. The predicted molar refractivity (Wildman–Crippen MR) is 220 cm³/mol. The standard InChI is InChI=1S/C28H65N6O26P5/c1-49-61(39,40)58-21-24(34-28(38)7-3-5-11-53-63(43,44)55-15-17-57-65(47,48)60-26(20-36)9-13-51-23-33-30)18-31-27(37)6-2-4-10-52-62(41,42)54-14-16-56-64(45,46)59-25(19-35)8-12-50-22-32-29/h24-26,32-33,35-36H,2-23,29-30H2,1H3,(H,31,37)(H,34,38)(H,39,40)(H,41,42)(H,43,44)(H,45,46)(H,47,48). The molecule has 2 amide bonds. The third kappa shape index (κ3) is 37.7. The van der Waals surface area contributed by atoms with Crippen LogP contribution in [-0.2, 0) is 87.1 Å². The first-order valence-corrected chi connectivity index (χ1v) is 26.9. The summed E-state index contributed by atoms with van der Waals surface area (Å²) in [6.07, 6.45) is -2.11. The Kier molecular flexibility index (Phi) is 35.7. The quantitative estimate of drug-likeness (QED) is 0.0110. The predicted octanol–water partition coefficient (Wildman–Crippen LogP) is -1.40. The fourth-order valence-corrected chi connectivity index (χ4v) is 8.10. The summed E-state index contributed by atoms with van der Waals surface area (Å²) in [5.74, 6) is 8.93. The van der Waals surface area contributed by atoms with Crippen LogP contribution in [0.3, 0.4) is 0 Å². The van der Waals surface area contributed by atoms with E-state index in [-0.39, 0.29) is 97.8 Å². The molecular weight excluding hydrogens is 991 g/mol. The maximum Gasteiger partial charge on any atom is 0.472 e. The number of aliphatic hydroxyl groups excluding tert-OH is 2. The SMILES string of the molecule is COP(=O)(O)OCC(CNC(=O)CCCCOP(=O)(O)OCCOP(=O)(O)OC(CO)CCOCNN)NC(=O)CCCCOP(=O)(O)OCCOP(=O)(O)OC(CO)CCOCNN. The Morgan fingerprint density at radius 3 is 1.34 bits per heavy atom. The molecule has 0 aromatic carbocycles. The molecule has 0 saturated heterocycles. The molecule has 0 saturated carbocycles. The second-order valence-electron chi connectivity index (χ2n) is 12.7. The van der Waals surface area contributed by atoms with Crippen LogP contribution in [0.2, 0.25) is 0 Å². The van der Waals surface area contributed by atoms with Crippen LogP contribution in [0.4, 0.5) is 0 Å². The Balaban J connectivity index is 4.57. The van der Waals surface area contributed by atoms with E-state index >= 15 is 0 Å². The zero-order chi connectivity index (χ0) is 49.3. The molecule has 0 aromatic rings. The maximum absolute atomic E-state index is 12.6. The van der Waals surface area contributed by atoms with Crippen LogP contribution in [0.1, 0.15) is 51.4 Å². The summed E-state index contributed by atoms with van der Waals surface area (Å²) in [4.78, 5) is 73.9. The van der Waals surface area contributed by atoms with Gasteiger partial charge in [0.05, 0.1) is 90.9 Å². The topological polar surface area (TPSA) is 472 Å². The molecule has 0 rings (SSSR count). The van der Waals surface area contributed by atoms with Gasteiger partial charge in [0, 0.05) is 26.5 Å². The van der Waals surface area contributed by atoms with Crippen molar-refractivity contribution >= 4 is 50.9 Å². The molecule has 8 atom stereocenters. The number of amides is 2. The van der Waals surface area contributed by atoms with Gasteiger partial charge in [0.2, 0.25) is 11.8 Å². The summed E-state index contributed by atoms with van der Waals surface area (Å²) in [6.45, 7) is -5.46. The summed E-state index contributed by atoms with van der Waals surface area (Å²) in [5.41, 5.74) is 4.44. The summed E-state index contributed by atoms with van der Waals surface area (Å²) in [7, 11) is -22.3. The van der Waals surface area contributed by atoms with Crippen LogP contribution < -0.4 is 33.2 Å². The van der Waals surface area contributed by atoms with Gasteiger partial charge in [0.1, 0.15) is 13.5 Å².